The number of benzene rings is 1. The van der Waals surface area contributed by atoms with Gasteiger partial charge in [0, 0.05) is 11.6 Å². The van der Waals surface area contributed by atoms with Gasteiger partial charge < -0.3 is 10.1 Å². The molecule has 1 saturated carbocycles. The van der Waals surface area contributed by atoms with Gasteiger partial charge in [0.05, 0.1) is 6.61 Å². The normalized spacial score (nSPS) is 23.9. The van der Waals surface area contributed by atoms with Crippen LogP contribution < -0.4 is 10.1 Å². The molecule has 2 fully saturated rings. The molecule has 0 amide bonds. The Labute approximate surface area is 108 Å². The predicted molar refractivity (Wildman–Crippen MR) is 69.2 cm³/mol. The summed E-state index contributed by atoms with van der Waals surface area (Å²) < 4.78 is 19.3. The van der Waals surface area contributed by atoms with Gasteiger partial charge in [0.15, 0.2) is 0 Å². The average molecular weight is 249 g/mol. The monoisotopic (exact) mass is 249 g/mol. The summed E-state index contributed by atoms with van der Waals surface area (Å²) in [6.45, 7) is 1.80. The lowest BCUT2D eigenvalue weighted by Crippen LogP contribution is -2.27. The molecule has 1 heterocycles. The molecule has 1 aliphatic heterocycles. The summed E-state index contributed by atoms with van der Waals surface area (Å²) >= 11 is 0. The van der Waals surface area contributed by atoms with E-state index in [2.05, 4.69) is 5.32 Å². The first kappa shape index (κ1) is 12.0. The van der Waals surface area contributed by atoms with Crippen molar-refractivity contribution < 1.29 is 9.13 Å². The first-order valence-corrected chi connectivity index (χ1v) is 6.98. The molecule has 0 bridgehead atoms. The highest BCUT2D eigenvalue weighted by Gasteiger charge is 2.24. The fourth-order valence-electron chi connectivity index (χ4n) is 2.53. The Morgan fingerprint density at radius 1 is 1.22 bits per heavy atom. The molecule has 1 saturated heterocycles. The Hall–Kier alpha value is -1.09. The molecule has 18 heavy (non-hydrogen) atoms. The molecular weight excluding hydrogens is 229 g/mol. The van der Waals surface area contributed by atoms with Gasteiger partial charge in [0.2, 0.25) is 0 Å². The van der Waals surface area contributed by atoms with Gasteiger partial charge in [-0.1, -0.05) is 6.42 Å². The van der Waals surface area contributed by atoms with Crippen molar-refractivity contribution >= 4 is 0 Å². The molecule has 98 valence electrons. The Morgan fingerprint density at radius 3 is 2.83 bits per heavy atom. The maximum Gasteiger partial charge on any atom is 0.124 e. The number of nitrogens with one attached hydrogen (secondary N) is 1. The van der Waals surface area contributed by atoms with E-state index in [1.54, 1.807) is 12.1 Å². The Morgan fingerprint density at radius 2 is 2.11 bits per heavy atom. The van der Waals surface area contributed by atoms with Crippen molar-refractivity contribution in [3.8, 4) is 5.75 Å². The minimum atomic E-state index is -0.170. The zero-order valence-corrected chi connectivity index (χ0v) is 10.6. The summed E-state index contributed by atoms with van der Waals surface area (Å²) in [5, 5.41) is 3.46. The minimum absolute atomic E-state index is 0.170. The van der Waals surface area contributed by atoms with E-state index in [9.17, 15) is 4.39 Å². The molecule has 1 atom stereocenters. The number of ether oxygens (including phenoxy) is 1. The molecule has 0 aromatic heterocycles. The fraction of sp³-hybridized carbons (Fsp3) is 0.600. The van der Waals surface area contributed by atoms with Gasteiger partial charge in [0.1, 0.15) is 11.6 Å². The number of piperidine rings is 1. The molecule has 0 radical (unpaired) electrons. The van der Waals surface area contributed by atoms with E-state index < -0.39 is 0 Å². The van der Waals surface area contributed by atoms with E-state index in [4.69, 9.17) is 4.74 Å². The zero-order valence-electron chi connectivity index (χ0n) is 10.6. The second-order valence-electron chi connectivity index (χ2n) is 5.44. The lowest BCUT2D eigenvalue weighted by molar-refractivity contribution is 0.289. The Bertz CT molecular complexity index is 411. The standard InChI is InChI=1S/C15H20FNO/c16-12-6-7-15(18-10-11-4-5-11)13(9-12)14-3-1-2-8-17-14/h6-7,9,11,14,17H,1-5,8,10H2. The van der Waals surface area contributed by atoms with E-state index in [1.165, 1.54) is 31.7 Å². The third-order valence-electron chi connectivity index (χ3n) is 3.83. The van der Waals surface area contributed by atoms with Crippen LogP contribution >= 0.6 is 0 Å². The van der Waals surface area contributed by atoms with Gasteiger partial charge in [-0.05, 0) is 56.3 Å². The van der Waals surface area contributed by atoms with E-state index in [1.807, 2.05) is 0 Å². The fourth-order valence-corrected chi connectivity index (χ4v) is 2.53. The molecule has 3 rings (SSSR count). The molecule has 0 spiro atoms. The van der Waals surface area contributed by atoms with Crippen LogP contribution in [0, 0.1) is 11.7 Å². The zero-order chi connectivity index (χ0) is 12.4. The second-order valence-corrected chi connectivity index (χ2v) is 5.44. The van der Waals surface area contributed by atoms with Crippen LogP contribution in [0.5, 0.6) is 5.75 Å². The highest BCUT2D eigenvalue weighted by molar-refractivity contribution is 5.37. The molecule has 1 aliphatic carbocycles. The van der Waals surface area contributed by atoms with Gasteiger partial charge in [-0.3, -0.25) is 0 Å². The molecular formula is C15H20FNO. The van der Waals surface area contributed by atoms with Crippen LogP contribution in [0.3, 0.4) is 0 Å². The Balaban J connectivity index is 1.77. The van der Waals surface area contributed by atoms with Gasteiger partial charge in [-0.15, -0.1) is 0 Å². The maximum absolute atomic E-state index is 13.4. The third kappa shape index (κ3) is 2.83. The van der Waals surface area contributed by atoms with Gasteiger partial charge >= 0.3 is 0 Å². The summed E-state index contributed by atoms with van der Waals surface area (Å²) in [5.74, 6) is 1.42. The molecule has 2 aliphatic rings. The summed E-state index contributed by atoms with van der Waals surface area (Å²) in [4.78, 5) is 0. The van der Waals surface area contributed by atoms with E-state index in [0.29, 0.717) is 0 Å². The van der Waals surface area contributed by atoms with Gasteiger partial charge in [-0.2, -0.15) is 0 Å². The molecule has 1 aromatic rings. The van der Waals surface area contributed by atoms with Crippen molar-refractivity contribution in [1.29, 1.82) is 0 Å². The molecule has 1 unspecified atom stereocenters. The SMILES string of the molecule is Fc1ccc(OCC2CC2)c(C2CCCCN2)c1. The number of halogens is 1. The smallest absolute Gasteiger partial charge is 0.124 e. The molecule has 3 heteroatoms. The number of hydrogen-bond donors (Lipinski definition) is 1. The van der Waals surface area contributed by atoms with Crippen LogP contribution in [0.25, 0.3) is 0 Å². The average Bonchev–Trinajstić information content (AvgIpc) is 3.22. The highest BCUT2D eigenvalue weighted by Crippen LogP contribution is 2.34. The molecule has 1 N–H and O–H groups in total. The Kier molecular flexibility index (Phi) is 3.50. The van der Waals surface area contributed by atoms with Crippen LogP contribution in [-0.4, -0.2) is 13.2 Å². The topological polar surface area (TPSA) is 21.3 Å². The van der Waals surface area contributed by atoms with Crippen molar-refractivity contribution in [2.24, 2.45) is 5.92 Å². The van der Waals surface area contributed by atoms with Crippen molar-refractivity contribution in [3.05, 3.63) is 29.6 Å². The van der Waals surface area contributed by atoms with Crippen molar-refractivity contribution in [2.45, 2.75) is 38.1 Å². The minimum Gasteiger partial charge on any atom is -0.493 e. The third-order valence-corrected chi connectivity index (χ3v) is 3.83. The maximum atomic E-state index is 13.4. The van der Waals surface area contributed by atoms with Crippen LogP contribution in [0.15, 0.2) is 18.2 Å². The number of rotatable bonds is 4. The second kappa shape index (κ2) is 5.27. The quantitative estimate of drug-likeness (QED) is 0.882. The predicted octanol–water partition coefficient (Wildman–Crippen LogP) is 3.43. The van der Waals surface area contributed by atoms with Crippen LogP contribution in [0.2, 0.25) is 0 Å². The van der Waals surface area contributed by atoms with Crippen LogP contribution in [0.1, 0.15) is 43.7 Å². The molecule has 2 nitrogen and oxygen atoms in total. The van der Waals surface area contributed by atoms with Crippen LogP contribution in [-0.2, 0) is 0 Å². The van der Waals surface area contributed by atoms with Crippen molar-refractivity contribution in [2.75, 3.05) is 13.2 Å². The van der Waals surface area contributed by atoms with Gasteiger partial charge in [-0.25, -0.2) is 4.39 Å². The first-order valence-electron chi connectivity index (χ1n) is 6.98. The van der Waals surface area contributed by atoms with E-state index in [0.717, 1.165) is 36.8 Å². The summed E-state index contributed by atoms with van der Waals surface area (Å²) in [6.07, 6.45) is 6.04. The lowest BCUT2D eigenvalue weighted by atomic mass is 9.96. The van der Waals surface area contributed by atoms with E-state index >= 15 is 0 Å². The summed E-state index contributed by atoms with van der Waals surface area (Å²) in [5.41, 5.74) is 0.996. The summed E-state index contributed by atoms with van der Waals surface area (Å²) in [6, 6.07) is 5.16. The molecule has 1 aromatic carbocycles. The summed E-state index contributed by atoms with van der Waals surface area (Å²) in [7, 11) is 0. The largest absolute Gasteiger partial charge is 0.493 e. The van der Waals surface area contributed by atoms with Crippen LogP contribution in [0.4, 0.5) is 4.39 Å². The number of hydrogen-bond acceptors (Lipinski definition) is 2. The highest BCUT2D eigenvalue weighted by atomic mass is 19.1. The lowest BCUT2D eigenvalue weighted by Gasteiger charge is -2.25. The van der Waals surface area contributed by atoms with Gasteiger partial charge in [0.25, 0.3) is 0 Å². The first-order chi connectivity index (χ1) is 8.83. The van der Waals surface area contributed by atoms with E-state index in [-0.39, 0.29) is 11.9 Å². The van der Waals surface area contributed by atoms with Crippen molar-refractivity contribution in [1.82, 2.24) is 5.32 Å². The van der Waals surface area contributed by atoms with Crippen molar-refractivity contribution in [3.63, 3.8) is 0 Å².